The number of phenolic OH excluding ortho intramolecular Hbond substituents is 1. The number of nitrogens with two attached hydrogens (primary N) is 1. The van der Waals surface area contributed by atoms with Gasteiger partial charge in [-0.3, -0.25) is 4.79 Å². The zero-order chi connectivity index (χ0) is 11.0. The second-order valence-electron chi connectivity index (χ2n) is 3.17. The van der Waals surface area contributed by atoms with Crippen molar-refractivity contribution in [3.63, 3.8) is 0 Å². The Balaban J connectivity index is 2.69. The monoisotopic (exact) mass is 206 g/mol. The molecule has 0 amide bonds. The highest BCUT2D eigenvalue weighted by Crippen LogP contribution is 2.29. The van der Waals surface area contributed by atoms with E-state index in [2.05, 4.69) is 4.98 Å². The van der Waals surface area contributed by atoms with Gasteiger partial charge in [-0.2, -0.15) is 0 Å². The molecule has 78 valence electrons. The minimum Gasteiger partial charge on any atom is -0.504 e. The fourth-order valence-electron chi connectivity index (χ4n) is 1.42. The minimum absolute atomic E-state index is 0.147. The summed E-state index contributed by atoms with van der Waals surface area (Å²) in [6.45, 7) is 1.52. The molecule has 0 spiro atoms. The van der Waals surface area contributed by atoms with Crippen LogP contribution in [-0.2, 0) is 0 Å². The number of nitrogens with zero attached hydrogens (tertiary/aromatic N) is 1. The molecule has 0 aliphatic heterocycles. The SMILES string of the molecule is Cc1nc2ccc(C(=O)CN)c(O)c2o1. The molecule has 0 saturated heterocycles. The number of rotatable bonds is 2. The van der Waals surface area contributed by atoms with Gasteiger partial charge in [0.05, 0.1) is 12.1 Å². The summed E-state index contributed by atoms with van der Waals surface area (Å²) in [6, 6.07) is 3.11. The van der Waals surface area contributed by atoms with Crippen LogP contribution in [-0.4, -0.2) is 22.4 Å². The Morgan fingerprint density at radius 3 is 3.00 bits per heavy atom. The summed E-state index contributed by atoms with van der Waals surface area (Å²) < 4.78 is 5.18. The topological polar surface area (TPSA) is 89.4 Å². The predicted octanol–water partition coefficient (Wildman–Crippen LogP) is 0.983. The summed E-state index contributed by atoms with van der Waals surface area (Å²) in [6.07, 6.45) is 0. The number of aromatic hydroxyl groups is 1. The molecule has 0 unspecified atom stereocenters. The number of ketones is 1. The Morgan fingerprint density at radius 2 is 2.33 bits per heavy atom. The molecule has 0 saturated carbocycles. The molecule has 0 aliphatic rings. The highest BCUT2D eigenvalue weighted by Gasteiger charge is 2.15. The number of hydrogen-bond donors (Lipinski definition) is 2. The standard InChI is InChI=1S/C10H10N2O3/c1-5-12-7-3-2-6(8(13)4-11)9(14)10(7)15-5/h2-3,14H,4,11H2,1H3. The van der Waals surface area contributed by atoms with Gasteiger partial charge < -0.3 is 15.3 Å². The van der Waals surface area contributed by atoms with Crippen molar-refractivity contribution in [3.05, 3.63) is 23.6 Å². The third-order valence-corrected chi connectivity index (χ3v) is 2.12. The average molecular weight is 206 g/mol. The number of Topliss-reactive ketones (excluding diaryl/α,β-unsaturated/α-hetero) is 1. The maximum absolute atomic E-state index is 11.3. The Hall–Kier alpha value is -1.88. The average Bonchev–Trinajstić information content (AvgIpc) is 2.59. The van der Waals surface area contributed by atoms with Crippen molar-refractivity contribution < 1.29 is 14.3 Å². The van der Waals surface area contributed by atoms with Gasteiger partial charge in [-0.1, -0.05) is 0 Å². The third kappa shape index (κ3) is 1.46. The van der Waals surface area contributed by atoms with Crippen molar-refractivity contribution in [1.29, 1.82) is 0 Å². The quantitative estimate of drug-likeness (QED) is 0.715. The van der Waals surface area contributed by atoms with E-state index < -0.39 is 0 Å². The molecule has 0 radical (unpaired) electrons. The highest BCUT2D eigenvalue weighted by atomic mass is 16.4. The highest BCUT2D eigenvalue weighted by molar-refractivity contribution is 6.03. The van der Waals surface area contributed by atoms with Gasteiger partial charge in [-0.15, -0.1) is 0 Å². The van der Waals surface area contributed by atoms with Crippen molar-refractivity contribution in [3.8, 4) is 5.75 Å². The van der Waals surface area contributed by atoms with Crippen LogP contribution >= 0.6 is 0 Å². The molecular weight excluding hydrogens is 196 g/mol. The van der Waals surface area contributed by atoms with E-state index in [1.54, 1.807) is 13.0 Å². The van der Waals surface area contributed by atoms with Crippen molar-refractivity contribution in [2.45, 2.75) is 6.92 Å². The molecular formula is C10H10N2O3. The van der Waals surface area contributed by atoms with Crippen LogP contribution in [0.15, 0.2) is 16.5 Å². The number of fused-ring (bicyclic) bond motifs is 1. The largest absolute Gasteiger partial charge is 0.504 e. The molecule has 15 heavy (non-hydrogen) atoms. The molecule has 1 heterocycles. The van der Waals surface area contributed by atoms with Crippen LogP contribution in [0.25, 0.3) is 11.1 Å². The summed E-state index contributed by atoms with van der Waals surface area (Å²) in [5.41, 5.74) is 6.14. The summed E-state index contributed by atoms with van der Waals surface area (Å²) in [4.78, 5) is 15.4. The number of carbonyl (C=O) groups is 1. The maximum atomic E-state index is 11.3. The normalized spacial score (nSPS) is 10.8. The van der Waals surface area contributed by atoms with Crippen molar-refractivity contribution >= 4 is 16.9 Å². The Morgan fingerprint density at radius 1 is 1.60 bits per heavy atom. The lowest BCUT2D eigenvalue weighted by molar-refractivity contribution is 0.0999. The van der Waals surface area contributed by atoms with Gasteiger partial charge >= 0.3 is 0 Å². The summed E-state index contributed by atoms with van der Waals surface area (Å²) in [5.74, 6) is -0.0790. The molecule has 0 bridgehead atoms. The van der Waals surface area contributed by atoms with Crippen molar-refractivity contribution in [1.82, 2.24) is 4.98 Å². The van der Waals surface area contributed by atoms with Crippen LogP contribution in [0.1, 0.15) is 16.2 Å². The Kier molecular flexibility index (Phi) is 2.17. The molecule has 2 rings (SSSR count). The summed E-state index contributed by atoms with van der Waals surface area (Å²) in [7, 11) is 0. The minimum atomic E-state index is -0.330. The Bertz CT molecular complexity index is 531. The number of aryl methyl sites for hydroxylation is 1. The molecule has 5 heteroatoms. The van der Waals surface area contributed by atoms with E-state index in [0.29, 0.717) is 11.4 Å². The van der Waals surface area contributed by atoms with E-state index >= 15 is 0 Å². The van der Waals surface area contributed by atoms with E-state index in [0.717, 1.165) is 0 Å². The Labute approximate surface area is 85.5 Å². The fourth-order valence-corrected chi connectivity index (χ4v) is 1.42. The maximum Gasteiger partial charge on any atom is 0.197 e. The van der Waals surface area contributed by atoms with E-state index in [1.807, 2.05) is 0 Å². The van der Waals surface area contributed by atoms with E-state index in [1.165, 1.54) is 6.07 Å². The van der Waals surface area contributed by atoms with Crippen LogP contribution in [0.3, 0.4) is 0 Å². The second-order valence-corrected chi connectivity index (χ2v) is 3.17. The second kappa shape index (κ2) is 3.36. The lowest BCUT2D eigenvalue weighted by Gasteiger charge is -2.00. The van der Waals surface area contributed by atoms with Gasteiger partial charge in [0.25, 0.3) is 0 Å². The first-order chi connectivity index (χ1) is 7.13. The van der Waals surface area contributed by atoms with Crippen LogP contribution in [0.5, 0.6) is 5.75 Å². The smallest absolute Gasteiger partial charge is 0.197 e. The number of hydrogen-bond acceptors (Lipinski definition) is 5. The van der Waals surface area contributed by atoms with Crippen molar-refractivity contribution in [2.24, 2.45) is 5.73 Å². The third-order valence-electron chi connectivity index (χ3n) is 2.12. The molecule has 3 N–H and O–H groups in total. The first-order valence-electron chi connectivity index (χ1n) is 4.46. The summed E-state index contributed by atoms with van der Waals surface area (Å²) in [5, 5.41) is 9.75. The van der Waals surface area contributed by atoms with Crippen molar-refractivity contribution in [2.75, 3.05) is 6.54 Å². The lowest BCUT2D eigenvalue weighted by atomic mass is 10.1. The van der Waals surface area contributed by atoms with Crippen LogP contribution in [0, 0.1) is 6.92 Å². The first kappa shape index (κ1) is 9.67. The molecule has 1 aromatic carbocycles. The molecule has 5 nitrogen and oxygen atoms in total. The van der Waals surface area contributed by atoms with E-state index in [9.17, 15) is 9.90 Å². The van der Waals surface area contributed by atoms with Gasteiger partial charge in [0.2, 0.25) is 0 Å². The van der Waals surface area contributed by atoms with Crippen LogP contribution in [0.2, 0.25) is 0 Å². The molecule has 0 atom stereocenters. The number of phenols is 1. The van der Waals surface area contributed by atoms with Gasteiger partial charge in [0.1, 0.15) is 5.52 Å². The van der Waals surface area contributed by atoms with Gasteiger partial charge in [0.15, 0.2) is 23.0 Å². The number of benzene rings is 1. The molecule has 1 aromatic heterocycles. The number of carbonyl (C=O) groups excluding carboxylic acids is 1. The van der Waals surface area contributed by atoms with E-state index in [4.69, 9.17) is 10.2 Å². The van der Waals surface area contributed by atoms with E-state index in [-0.39, 0.29) is 29.2 Å². The van der Waals surface area contributed by atoms with Crippen LogP contribution in [0.4, 0.5) is 0 Å². The van der Waals surface area contributed by atoms with Gasteiger partial charge in [-0.05, 0) is 12.1 Å². The first-order valence-corrected chi connectivity index (χ1v) is 4.46. The van der Waals surface area contributed by atoms with Gasteiger partial charge in [0, 0.05) is 6.92 Å². The predicted molar refractivity (Wildman–Crippen MR) is 53.8 cm³/mol. The fraction of sp³-hybridized carbons (Fsp3) is 0.200. The number of aromatic nitrogens is 1. The zero-order valence-electron chi connectivity index (χ0n) is 8.15. The molecule has 0 aliphatic carbocycles. The molecule has 2 aromatic rings. The van der Waals surface area contributed by atoms with Gasteiger partial charge in [-0.25, -0.2) is 4.98 Å². The lowest BCUT2D eigenvalue weighted by Crippen LogP contribution is -2.13. The molecule has 0 fully saturated rings. The number of oxazole rings is 1. The zero-order valence-corrected chi connectivity index (χ0v) is 8.15. The van der Waals surface area contributed by atoms with Crippen LogP contribution < -0.4 is 5.73 Å². The summed E-state index contributed by atoms with van der Waals surface area (Å²) >= 11 is 0.